The predicted octanol–water partition coefficient (Wildman–Crippen LogP) is 4.37. The van der Waals surface area contributed by atoms with Crippen LogP contribution >= 0.6 is 0 Å². The molecule has 0 aliphatic rings. The van der Waals surface area contributed by atoms with Gasteiger partial charge < -0.3 is 10.8 Å². The van der Waals surface area contributed by atoms with Crippen molar-refractivity contribution in [1.29, 1.82) is 0 Å². The summed E-state index contributed by atoms with van der Waals surface area (Å²) in [6.07, 6.45) is -5.72. The smallest absolute Gasteiger partial charge is 0.431 e. The summed E-state index contributed by atoms with van der Waals surface area (Å²) in [5, 5.41) is 9.01. The third-order valence-electron chi connectivity index (χ3n) is 2.77. The molecule has 0 spiro atoms. The monoisotopic (exact) mass is 328 g/mol. The summed E-state index contributed by atoms with van der Waals surface area (Å²) in [7, 11) is 0. The van der Waals surface area contributed by atoms with Gasteiger partial charge in [-0.1, -0.05) is 34.3 Å². The highest BCUT2D eigenvalue weighted by Gasteiger charge is 2.45. The molecule has 0 amide bonds. The molecule has 0 saturated carbocycles. The third-order valence-corrected chi connectivity index (χ3v) is 2.77. The van der Waals surface area contributed by atoms with E-state index < -0.39 is 53.2 Å². The first-order valence-electron chi connectivity index (χ1n) is 6.51. The molecule has 22 heavy (non-hydrogen) atoms. The first-order valence-corrected chi connectivity index (χ1v) is 6.51. The molecule has 8 heteroatoms. The molecular formula is C14H21F5N2O. The molecule has 0 aliphatic heterocycles. The van der Waals surface area contributed by atoms with Crippen LogP contribution < -0.4 is 5.73 Å². The van der Waals surface area contributed by atoms with E-state index in [1.54, 1.807) is 0 Å². The number of hydrogen-bond donors (Lipinski definition) is 2. The largest absolute Gasteiger partial charge is 0.511 e. The third kappa shape index (κ3) is 5.31. The molecule has 0 radical (unpaired) electrons. The number of aliphatic imine (C=N–C) groups is 1. The van der Waals surface area contributed by atoms with Gasteiger partial charge in [-0.15, -0.1) is 0 Å². The summed E-state index contributed by atoms with van der Waals surface area (Å²) in [4.78, 5) is 3.45. The van der Waals surface area contributed by atoms with Gasteiger partial charge in [0.15, 0.2) is 0 Å². The van der Waals surface area contributed by atoms with E-state index in [2.05, 4.69) is 11.6 Å². The zero-order valence-corrected chi connectivity index (χ0v) is 13.0. The lowest BCUT2D eigenvalue weighted by atomic mass is 9.79. The van der Waals surface area contributed by atoms with E-state index in [1.807, 2.05) is 0 Å². The highest BCUT2D eigenvalue weighted by Crippen LogP contribution is 2.39. The topological polar surface area (TPSA) is 58.6 Å². The van der Waals surface area contributed by atoms with Crippen molar-refractivity contribution in [2.75, 3.05) is 6.54 Å². The fourth-order valence-corrected chi connectivity index (χ4v) is 1.74. The Morgan fingerprint density at radius 3 is 1.86 bits per heavy atom. The number of halogens is 5. The van der Waals surface area contributed by atoms with Gasteiger partial charge in [0.25, 0.3) is 5.92 Å². The van der Waals surface area contributed by atoms with Crippen molar-refractivity contribution >= 4 is 5.71 Å². The van der Waals surface area contributed by atoms with Crippen LogP contribution in [0.3, 0.4) is 0 Å². The second-order valence-electron chi connectivity index (χ2n) is 5.83. The van der Waals surface area contributed by atoms with Gasteiger partial charge in [0.1, 0.15) is 17.2 Å². The first-order chi connectivity index (χ1) is 9.64. The van der Waals surface area contributed by atoms with Crippen LogP contribution in [0.25, 0.3) is 0 Å². The Morgan fingerprint density at radius 2 is 1.59 bits per heavy atom. The normalized spacial score (nSPS) is 15.6. The van der Waals surface area contributed by atoms with Crippen LogP contribution in [-0.4, -0.2) is 29.5 Å². The Bertz CT molecular complexity index is 484. The summed E-state index contributed by atoms with van der Waals surface area (Å²) in [5.74, 6) is -4.16. The van der Waals surface area contributed by atoms with Crippen LogP contribution in [0.1, 0.15) is 34.1 Å². The van der Waals surface area contributed by atoms with Crippen molar-refractivity contribution < 1.29 is 27.1 Å². The summed E-state index contributed by atoms with van der Waals surface area (Å²) in [6.45, 7) is 7.56. The Balaban J connectivity index is 6.48. The van der Waals surface area contributed by atoms with Gasteiger partial charge in [0.05, 0.1) is 6.54 Å². The standard InChI is InChI=1S/C14H21F5N2O/c1-6-13(15,16)11(21-7-8(2)22)9(12(3,4)5)10(20)14(17,18)19/h22H,2,6-7,20H2,1,3-5H3. The highest BCUT2D eigenvalue weighted by molar-refractivity contribution is 6.06. The number of allylic oxidation sites excluding steroid dienone is 2. The fraction of sp³-hybridized carbons (Fsp3) is 0.643. The van der Waals surface area contributed by atoms with Gasteiger partial charge in [0, 0.05) is 12.0 Å². The van der Waals surface area contributed by atoms with Crippen molar-refractivity contribution in [3.8, 4) is 0 Å². The molecule has 3 nitrogen and oxygen atoms in total. The predicted molar refractivity (Wildman–Crippen MR) is 76.0 cm³/mol. The number of aliphatic hydroxyl groups excluding tert-OH is 1. The highest BCUT2D eigenvalue weighted by atomic mass is 19.4. The summed E-state index contributed by atoms with van der Waals surface area (Å²) >= 11 is 0. The average Bonchev–Trinajstić information content (AvgIpc) is 2.30. The quantitative estimate of drug-likeness (QED) is 0.447. The molecule has 0 unspecified atom stereocenters. The van der Waals surface area contributed by atoms with E-state index in [1.165, 1.54) is 20.8 Å². The molecule has 0 saturated heterocycles. The molecule has 0 bridgehead atoms. The van der Waals surface area contributed by atoms with Gasteiger partial charge in [-0.25, -0.2) is 0 Å². The zero-order valence-electron chi connectivity index (χ0n) is 13.0. The molecular weight excluding hydrogens is 307 g/mol. The first kappa shape index (κ1) is 20.4. The maximum Gasteiger partial charge on any atom is 0.431 e. The van der Waals surface area contributed by atoms with E-state index in [0.717, 1.165) is 6.92 Å². The number of aliphatic hydroxyl groups is 1. The van der Waals surface area contributed by atoms with Gasteiger partial charge in [-0.2, -0.15) is 22.0 Å². The Hall–Kier alpha value is -1.60. The molecule has 3 N–H and O–H groups in total. The molecule has 0 atom stereocenters. The zero-order chi connectivity index (χ0) is 17.9. The summed E-state index contributed by atoms with van der Waals surface area (Å²) in [6, 6.07) is 0. The number of hydrogen-bond acceptors (Lipinski definition) is 3. The Labute approximate surface area is 126 Å². The SMILES string of the molecule is C=C(O)CN=C(C(=C(N)C(F)(F)F)C(C)(C)C)C(F)(F)CC. The lowest BCUT2D eigenvalue weighted by Crippen LogP contribution is -2.39. The van der Waals surface area contributed by atoms with E-state index in [-0.39, 0.29) is 0 Å². The van der Waals surface area contributed by atoms with Crippen molar-refractivity contribution in [2.24, 2.45) is 16.1 Å². The lowest BCUT2D eigenvalue weighted by molar-refractivity contribution is -0.0940. The number of nitrogens with zero attached hydrogens (tertiary/aromatic N) is 1. The van der Waals surface area contributed by atoms with Crippen molar-refractivity contribution in [2.45, 2.75) is 46.2 Å². The number of nitrogens with two attached hydrogens (primary N) is 1. The molecule has 0 fully saturated rings. The summed E-state index contributed by atoms with van der Waals surface area (Å²) < 4.78 is 67.0. The molecule has 128 valence electrons. The maximum absolute atomic E-state index is 14.1. The average molecular weight is 328 g/mol. The van der Waals surface area contributed by atoms with Crippen LogP contribution in [0.4, 0.5) is 22.0 Å². The van der Waals surface area contributed by atoms with Gasteiger partial charge >= 0.3 is 6.18 Å². The second kappa shape index (κ2) is 6.66. The molecule has 0 aromatic heterocycles. The van der Waals surface area contributed by atoms with E-state index >= 15 is 0 Å². The molecule has 0 heterocycles. The summed E-state index contributed by atoms with van der Waals surface area (Å²) in [5.41, 5.74) is 0.294. The molecule has 0 aromatic rings. The van der Waals surface area contributed by atoms with Crippen LogP contribution in [0.5, 0.6) is 0 Å². The van der Waals surface area contributed by atoms with Crippen molar-refractivity contribution in [1.82, 2.24) is 0 Å². The van der Waals surface area contributed by atoms with Crippen LogP contribution in [0.2, 0.25) is 0 Å². The number of alkyl halides is 5. The molecule has 0 aromatic carbocycles. The fourth-order valence-electron chi connectivity index (χ4n) is 1.74. The van der Waals surface area contributed by atoms with Gasteiger partial charge in [-0.05, 0) is 5.41 Å². The lowest BCUT2D eigenvalue weighted by Gasteiger charge is -2.30. The van der Waals surface area contributed by atoms with Crippen LogP contribution in [0.15, 0.2) is 28.6 Å². The van der Waals surface area contributed by atoms with Gasteiger partial charge in [0.2, 0.25) is 0 Å². The molecule has 0 rings (SSSR count). The number of rotatable bonds is 5. The van der Waals surface area contributed by atoms with E-state index in [9.17, 15) is 22.0 Å². The van der Waals surface area contributed by atoms with Crippen LogP contribution in [-0.2, 0) is 0 Å². The van der Waals surface area contributed by atoms with Crippen molar-refractivity contribution in [3.05, 3.63) is 23.6 Å². The van der Waals surface area contributed by atoms with Crippen LogP contribution in [0, 0.1) is 5.41 Å². The minimum absolute atomic E-state index is 0.539. The maximum atomic E-state index is 14.1. The second-order valence-corrected chi connectivity index (χ2v) is 5.83. The Kier molecular flexibility index (Phi) is 6.18. The minimum Gasteiger partial charge on any atom is -0.511 e. The Morgan fingerprint density at radius 1 is 1.14 bits per heavy atom. The minimum atomic E-state index is -4.97. The van der Waals surface area contributed by atoms with Gasteiger partial charge in [-0.3, -0.25) is 4.99 Å². The molecule has 0 aliphatic carbocycles. The van der Waals surface area contributed by atoms with E-state index in [0.29, 0.717) is 0 Å². The van der Waals surface area contributed by atoms with E-state index in [4.69, 9.17) is 10.8 Å². The van der Waals surface area contributed by atoms with Crippen molar-refractivity contribution in [3.63, 3.8) is 0 Å².